The minimum absolute atomic E-state index is 0.167. The van der Waals surface area contributed by atoms with Gasteiger partial charge < -0.3 is 5.73 Å². The number of nitrogens with two attached hydrogens (primary N) is 1. The summed E-state index contributed by atoms with van der Waals surface area (Å²) in [6.07, 6.45) is 4.54. The lowest BCUT2D eigenvalue weighted by Gasteiger charge is -2.48. The molecule has 0 saturated heterocycles. The number of hydrogen-bond acceptors (Lipinski definition) is 1. The summed E-state index contributed by atoms with van der Waals surface area (Å²) in [5.41, 5.74) is 7.66. The lowest BCUT2D eigenvalue weighted by molar-refractivity contribution is 0.0779. The van der Waals surface area contributed by atoms with Crippen molar-refractivity contribution in [2.45, 2.75) is 52.0 Å². The third kappa shape index (κ3) is 2.79. The monoisotopic (exact) mass is 299 g/mol. The van der Waals surface area contributed by atoms with Crippen LogP contribution in [-0.2, 0) is 5.54 Å². The molecule has 3 heteroatoms. The molecule has 2 N–H and O–H groups in total. The standard InChI is InChI=1S/C16H23Cl2N/c1-15(2,3)13-9-4-5-10-16(13,19)11-7-6-8-12(17)14(11)18/h6-8,13H,4-5,9-10,19H2,1-3H3. The van der Waals surface area contributed by atoms with Gasteiger partial charge in [0.1, 0.15) is 0 Å². The first-order chi connectivity index (χ1) is 8.77. The van der Waals surface area contributed by atoms with Gasteiger partial charge in [-0.05, 0) is 35.8 Å². The molecule has 0 radical (unpaired) electrons. The van der Waals surface area contributed by atoms with Crippen molar-refractivity contribution >= 4 is 23.2 Å². The molecule has 1 aromatic rings. The highest BCUT2D eigenvalue weighted by atomic mass is 35.5. The minimum atomic E-state index is -0.363. The van der Waals surface area contributed by atoms with E-state index in [9.17, 15) is 0 Å². The Morgan fingerprint density at radius 3 is 2.53 bits per heavy atom. The van der Waals surface area contributed by atoms with Gasteiger partial charge in [-0.1, -0.05) is 68.9 Å². The highest BCUT2D eigenvalue weighted by Gasteiger charge is 2.45. The topological polar surface area (TPSA) is 26.0 Å². The second-order valence-electron chi connectivity index (χ2n) is 6.81. The first kappa shape index (κ1) is 15.2. The van der Waals surface area contributed by atoms with Crippen molar-refractivity contribution in [1.82, 2.24) is 0 Å². The predicted octanol–water partition coefficient (Wildman–Crippen LogP) is 5.38. The quantitative estimate of drug-likeness (QED) is 0.740. The van der Waals surface area contributed by atoms with E-state index in [4.69, 9.17) is 28.9 Å². The van der Waals surface area contributed by atoms with Gasteiger partial charge in [-0.3, -0.25) is 0 Å². The molecule has 0 aliphatic heterocycles. The van der Waals surface area contributed by atoms with Gasteiger partial charge in [0.15, 0.2) is 0 Å². The second-order valence-corrected chi connectivity index (χ2v) is 7.59. The maximum atomic E-state index is 6.84. The van der Waals surface area contributed by atoms with Gasteiger partial charge in [0.25, 0.3) is 0 Å². The molecule has 1 aromatic carbocycles. The number of hydrogen-bond donors (Lipinski definition) is 1. The molecule has 0 heterocycles. The average Bonchev–Trinajstić information content (AvgIpc) is 2.31. The van der Waals surface area contributed by atoms with Crippen LogP contribution in [0.2, 0.25) is 10.0 Å². The molecule has 1 aliphatic carbocycles. The Morgan fingerprint density at radius 2 is 1.89 bits per heavy atom. The zero-order valence-electron chi connectivity index (χ0n) is 12.0. The number of rotatable bonds is 1. The molecule has 0 amide bonds. The van der Waals surface area contributed by atoms with Crippen LogP contribution in [0.15, 0.2) is 18.2 Å². The fourth-order valence-corrected chi connectivity index (χ4v) is 4.07. The first-order valence-electron chi connectivity index (χ1n) is 7.00. The van der Waals surface area contributed by atoms with Crippen molar-refractivity contribution in [3.05, 3.63) is 33.8 Å². The summed E-state index contributed by atoms with van der Waals surface area (Å²) >= 11 is 12.6. The molecule has 0 aromatic heterocycles. The maximum absolute atomic E-state index is 6.84. The number of benzene rings is 1. The summed E-state index contributed by atoms with van der Waals surface area (Å²) in [6, 6.07) is 5.82. The molecule has 2 atom stereocenters. The molecule has 2 rings (SSSR count). The van der Waals surface area contributed by atoms with Crippen LogP contribution in [0.25, 0.3) is 0 Å². The van der Waals surface area contributed by atoms with Crippen molar-refractivity contribution in [3.63, 3.8) is 0 Å². The van der Waals surface area contributed by atoms with Crippen LogP contribution in [0, 0.1) is 11.3 Å². The second kappa shape index (κ2) is 5.27. The molecule has 1 nitrogen and oxygen atoms in total. The van der Waals surface area contributed by atoms with E-state index in [0.717, 1.165) is 24.8 Å². The Morgan fingerprint density at radius 1 is 1.21 bits per heavy atom. The summed E-state index contributed by atoms with van der Waals surface area (Å²) in [6.45, 7) is 6.80. The molecule has 0 spiro atoms. The zero-order valence-corrected chi connectivity index (χ0v) is 13.5. The fourth-order valence-electron chi connectivity index (χ4n) is 3.59. The maximum Gasteiger partial charge on any atom is 0.0642 e. The third-order valence-electron chi connectivity index (χ3n) is 4.45. The van der Waals surface area contributed by atoms with Crippen molar-refractivity contribution < 1.29 is 0 Å². The summed E-state index contributed by atoms with van der Waals surface area (Å²) in [5.74, 6) is 0.421. The Labute approximate surface area is 126 Å². The molecule has 1 aliphatic rings. The highest BCUT2D eigenvalue weighted by Crippen LogP contribution is 2.50. The molecule has 0 bridgehead atoms. The number of halogens is 2. The fraction of sp³-hybridized carbons (Fsp3) is 0.625. The molecule has 106 valence electrons. The van der Waals surface area contributed by atoms with Crippen molar-refractivity contribution in [1.29, 1.82) is 0 Å². The van der Waals surface area contributed by atoms with Crippen LogP contribution in [0.1, 0.15) is 52.0 Å². The lowest BCUT2D eigenvalue weighted by atomic mass is 9.60. The smallest absolute Gasteiger partial charge is 0.0642 e. The van der Waals surface area contributed by atoms with E-state index in [-0.39, 0.29) is 11.0 Å². The van der Waals surface area contributed by atoms with E-state index < -0.39 is 0 Å². The summed E-state index contributed by atoms with van der Waals surface area (Å²) in [4.78, 5) is 0. The van der Waals surface area contributed by atoms with E-state index in [1.165, 1.54) is 6.42 Å². The average molecular weight is 300 g/mol. The summed E-state index contributed by atoms with van der Waals surface area (Å²) in [7, 11) is 0. The van der Waals surface area contributed by atoms with Crippen LogP contribution in [0.4, 0.5) is 0 Å². The molecule has 1 saturated carbocycles. The molecule has 19 heavy (non-hydrogen) atoms. The van der Waals surface area contributed by atoms with E-state index >= 15 is 0 Å². The van der Waals surface area contributed by atoms with Crippen molar-refractivity contribution in [2.24, 2.45) is 17.1 Å². The van der Waals surface area contributed by atoms with Gasteiger partial charge >= 0.3 is 0 Å². The van der Waals surface area contributed by atoms with Crippen LogP contribution >= 0.6 is 23.2 Å². The Bertz CT molecular complexity index is 464. The summed E-state index contributed by atoms with van der Waals surface area (Å²) in [5, 5.41) is 1.23. The molecule has 1 fully saturated rings. The first-order valence-corrected chi connectivity index (χ1v) is 7.76. The van der Waals surface area contributed by atoms with Gasteiger partial charge in [-0.2, -0.15) is 0 Å². The van der Waals surface area contributed by atoms with E-state index in [1.807, 2.05) is 18.2 Å². The van der Waals surface area contributed by atoms with Gasteiger partial charge in [-0.25, -0.2) is 0 Å². The highest BCUT2D eigenvalue weighted by molar-refractivity contribution is 6.42. The largest absolute Gasteiger partial charge is 0.321 e. The van der Waals surface area contributed by atoms with Crippen LogP contribution in [-0.4, -0.2) is 0 Å². The molecule has 2 unspecified atom stereocenters. The Balaban J connectivity index is 2.51. The summed E-state index contributed by atoms with van der Waals surface area (Å²) < 4.78 is 0. The Kier molecular flexibility index (Phi) is 4.21. The minimum Gasteiger partial charge on any atom is -0.321 e. The molecular formula is C16H23Cl2N. The Hall–Kier alpha value is -0.240. The van der Waals surface area contributed by atoms with Crippen molar-refractivity contribution in [2.75, 3.05) is 0 Å². The third-order valence-corrected chi connectivity index (χ3v) is 5.27. The van der Waals surface area contributed by atoms with Gasteiger partial charge in [0, 0.05) is 5.54 Å². The van der Waals surface area contributed by atoms with E-state index in [1.54, 1.807) is 0 Å². The van der Waals surface area contributed by atoms with Crippen molar-refractivity contribution in [3.8, 4) is 0 Å². The predicted molar refractivity (Wildman–Crippen MR) is 83.7 cm³/mol. The van der Waals surface area contributed by atoms with Crippen LogP contribution < -0.4 is 5.73 Å². The van der Waals surface area contributed by atoms with Gasteiger partial charge in [0.05, 0.1) is 10.0 Å². The van der Waals surface area contributed by atoms with Crippen LogP contribution in [0.5, 0.6) is 0 Å². The zero-order chi connectivity index (χ0) is 14.3. The SMILES string of the molecule is CC(C)(C)C1CCCCC1(N)c1cccc(Cl)c1Cl. The van der Waals surface area contributed by atoms with Gasteiger partial charge in [0.2, 0.25) is 0 Å². The van der Waals surface area contributed by atoms with E-state index in [0.29, 0.717) is 16.0 Å². The lowest BCUT2D eigenvalue weighted by Crippen LogP contribution is -2.51. The van der Waals surface area contributed by atoms with Crippen LogP contribution in [0.3, 0.4) is 0 Å². The van der Waals surface area contributed by atoms with E-state index in [2.05, 4.69) is 20.8 Å². The van der Waals surface area contributed by atoms with Gasteiger partial charge in [-0.15, -0.1) is 0 Å². The molecular weight excluding hydrogens is 277 g/mol. The normalized spacial score (nSPS) is 28.4.